The summed E-state index contributed by atoms with van der Waals surface area (Å²) in [5, 5.41) is 16.5. The molecule has 128 valence electrons. The predicted molar refractivity (Wildman–Crippen MR) is 75.3 cm³/mol. The Bertz CT molecular complexity index is 779. The summed E-state index contributed by atoms with van der Waals surface area (Å²) in [4.78, 5) is 21.9. The molecule has 1 aromatic carbocycles. The molecule has 0 radical (unpaired) electrons. The molecule has 0 fully saturated rings. The highest BCUT2D eigenvalue weighted by molar-refractivity contribution is 5.92. The number of rotatable bonds is 6. The number of ether oxygens (including phenoxy) is 1. The number of nitrogens with zero attached hydrogens (tertiary/aromatic N) is 3. The minimum absolute atomic E-state index is 0.166. The highest BCUT2D eigenvalue weighted by atomic mass is 19.3. The Kier molecular flexibility index (Phi) is 5.02. The van der Waals surface area contributed by atoms with Crippen LogP contribution in [0, 0.1) is 22.9 Å². The van der Waals surface area contributed by atoms with Gasteiger partial charge in [0.05, 0.1) is 22.5 Å². The third-order valence-corrected chi connectivity index (χ3v) is 2.88. The molecule has 1 amide bonds. The van der Waals surface area contributed by atoms with E-state index in [4.69, 9.17) is 0 Å². The minimum atomic E-state index is -3.20. The fourth-order valence-corrected chi connectivity index (χ4v) is 1.86. The van der Waals surface area contributed by atoms with Crippen LogP contribution in [0.2, 0.25) is 0 Å². The second kappa shape index (κ2) is 6.98. The molecule has 8 nitrogen and oxygen atoms in total. The van der Waals surface area contributed by atoms with Crippen molar-refractivity contribution < 1.29 is 27.6 Å². The zero-order valence-corrected chi connectivity index (χ0v) is 12.2. The van der Waals surface area contributed by atoms with Crippen LogP contribution in [0.15, 0.2) is 24.3 Å². The third kappa shape index (κ3) is 4.21. The van der Waals surface area contributed by atoms with E-state index in [2.05, 4.69) is 15.2 Å². The van der Waals surface area contributed by atoms with E-state index in [-0.39, 0.29) is 5.69 Å². The lowest BCUT2D eigenvalue weighted by Gasteiger charge is -2.11. The van der Waals surface area contributed by atoms with Crippen molar-refractivity contribution in [3.05, 3.63) is 45.9 Å². The Morgan fingerprint density at radius 2 is 2.17 bits per heavy atom. The minimum Gasteiger partial charge on any atom is -0.432 e. The van der Waals surface area contributed by atoms with Gasteiger partial charge in [0.15, 0.2) is 5.75 Å². The number of hydrogen-bond donors (Lipinski definition) is 1. The number of alkyl halides is 2. The molecule has 1 heterocycles. The van der Waals surface area contributed by atoms with Crippen LogP contribution < -0.4 is 10.1 Å². The van der Waals surface area contributed by atoms with Crippen LogP contribution in [-0.2, 0) is 11.3 Å². The number of aromatic nitrogens is 2. The van der Waals surface area contributed by atoms with Gasteiger partial charge in [-0.3, -0.25) is 4.79 Å². The zero-order valence-electron chi connectivity index (χ0n) is 12.2. The standard InChI is InChI=1S/C13H11F3N4O4/c1-7-4-11(20(22)23)18-19(7)6-12(21)17-9-3-2-8(14)5-10(9)24-13(15)16/h2-5,13H,6H2,1H3,(H,17,21). The maximum atomic E-state index is 13.1. The lowest BCUT2D eigenvalue weighted by atomic mass is 10.3. The highest BCUT2D eigenvalue weighted by Crippen LogP contribution is 2.27. The molecule has 0 saturated carbocycles. The van der Waals surface area contributed by atoms with E-state index >= 15 is 0 Å². The fourth-order valence-electron chi connectivity index (χ4n) is 1.86. The molecule has 0 atom stereocenters. The average molecular weight is 344 g/mol. The molecule has 0 saturated heterocycles. The first-order valence-corrected chi connectivity index (χ1v) is 6.49. The molecular weight excluding hydrogens is 333 g/mol. The van der Waals surface area contributed by atoms with Gasteiger partial charge in [-0.15, -0.1) is 0 Å². The highest BCUT2D eigenvalue weighted by Gasteiger charge is 2.19. The number of nitro groups is 1. The van der Waals surface area contributed by atoms with Crippen molar-refractivity contribution in [3.63, 3.8) is 0 Å². The first kappa shape index (κ1) is 17.2. The molecular formula is C13H11F3N4O4. The molecule has 0 aliphatic rings. The van der Waals surface area contributed by atoms with Gasteiger partial charge < -0.3 is 20.2 Å². The van der Waals surface area contributed by atoms with E-state index < -0.39 is 41.4 Å². The van der Waals surface area contributed by atoms with Crippen LogP contribution in [0.25, 0.3) is 0 Å². The molecule has 0 unspecified atom stereocenters. The summed E-state index contributed by atoms with van der Waals surface area (Å²) in [6.07, 6.45) is 0. The van der Waals surface area contributed by atoms with Crippen molar-refractivity contribution in [1.82, 2.24) is 9.78 Å². The van der Waals surface area contributed by atoms with Crippen LogP contribution in [-0.4, -0.2) is 27.2 Å². The van der Waals surface area contributed by atoms with E-state index in [9.17, 15) is 28.1 Å². The topological polar surface area (TPSA) is 99.3 Å². The lowest BCUT2D eigenvalue weighted by molar-refractivity contribution is -0.389. The smallest absolute Gasteiger partial charge is 0.390 e. The quantitative estimate of drug-likeness (QED) is 0.641. The van der Waals surface area contributed by atoms with Gasteiger partial charge in [-0.1, -0.05) is 0 Å². The predicted octanol–water partition coefficient (Wildman–Crippen LogP) is 2.48. The number of hydrogen-bond acceptors (Lipinski definition) is 5. The lowest BCUT2D eigenvalue weighted by Crippen LogP contribution is -2.21. The van der Waals surface area contributed by atoms with Crippen molar-refractivity contribution >= 4 is 17.4 Å². The van der Waals surface area contributed by atoms with Crippen LogP contribution in [0.4, 0.5) is 24.7 Å². The molecule has 0 aliphatic carbocycles. The van der Waals surface area contributed by atoms with Crippen molar-refractivity contribution in [2.24, 2.45) is 0 Å². The third-order valence-electron chi connectivity index (χ3n) is 2.88. The summed E-state index contributed by atoms with van der Waals surface area (Å²) >= 11 is 0. The summed E-state index contributed by atoms with van der Waals surface area (Å²) in [7, 11) is 0. The number of carbonyl (C=O) groups excluding carboxylic acids is 1. The van der Waals surface area contributed by atoms with Crippen LogP contribution in [0.1, 0.15) is 5.69 Å². The van der Waals surface area contributed by atoms with Gasteiger partial charge in [0.25, 0.3) is 0 Å². The average Bonchev–Trinajstić information content (AvgIpc) is 2.83. The van der Waals surface area contributed by atoms with E-state index in [0.29, 0.717) is 11.8 Å². The second-order valence-corrected chi connectivity index (χ2v) is 4.63. The van der Waals surface area contributed by atoms with Gasteiger partial charge in [-0.05, 0) is 24.0 Å². The van der Waals surface area contributed by atoms with E-state index in [1.54, 1.807) is 0 Å². The molecule has 24 heavy (non-hydrogen) atoms. The number of amides is 1. The molecule has 0 bridgehead atoms. The van der Waals surface area contributed by atoms with Crippen LogP contribution in [0.5, 0.6) is 5.75 Å². The Hall–Kier alpha value is -3.11. The van der Waals surface area contributed by atoms with Crippen LogP contribution >= 0.6 is 0 Å². The molecule has 11 heteroatoms. The van der Waals surface area contributed by atoms with E-state index in [1.165, 1.54) is 13.0 Å². The summed E-state index contributed by atoms with van der Waals surface area (Å²) in [6, 6.07) is 3.89. The second-order valence-electron chi connectivity index (χ2n) is 4.63. The largest absolute Gasteiger partial charge is 0.432 e. The molecule has 0 spiro atoms. The summed E-state index contributed by atoms with van der Waals surface area (Å²) in [5.41, 5.74) is 0.195. The number of benzene rings is 1. The SMILES string of the molecule is Cc1cc([N+](=O)[O-])nn1CC(=O)Nc1ccc(F)cc1OC(F)F. The first-order chi connectivity index (χ1) is 11.3. The van der Waals surface area contributed by atoms with Crippen molar-refractivity contribution in [2.45, 2.75) is 20.1 Å². The molecule has 2 aromatic rings. The Balaban J connectivity index is 2.14. The summed E-state index contributed by atoms with van der Waals surface area (Å²) < 4.78 is 42.9. The molecule has 2 rings (SSSR count). The van der Waals surface area contributed by atoms with Gasteiger partial charge in [-0.25, -0.2) is 4.39 Å². The monoisotopic (exact) mass is 344 g/mol. The van der Waals surface area contributed by atoms with Gasteiger partial charge in [0.2, 0.25) is 5.91 Å². The normalized spacial score (nSPS) is 10.7. The Morgan fingerprint density at radius 3 is 2.75 bits per heavy atom. The molecule has 1 N–H and O–H groups in total. The molecule has 0 aliphatic heterocycles. The van der Waals surface area contributed by atoms with Crippen molar-refractivity contribution in [2.75, 3.05) is 5.32 Å². The van der Waals surface area contributed by atoms with Crippen molar-refractivity contribution in [1.29, 1.82) is 0 Å². The first-order valence-electron chi connectivity index (χ1n) is 6.49. The maximum Gasteiger partial charge on any atom is 0.390 e. The van der Waals surface area contributed by atoms with E-state index in [0.717, 1.165) is 16.8 Å². The van der Waals surface area contributed by atoms with Gasteiger partial charge >= 0.3 is 12.4 Å². The van der Waals surface area contributed by atoms with E-state index in [1.807, 2.05) is 0 Å². The van der Waals surface area contributed by atoms with Crippen molar-refractivity contribution in [3.8, 4) is 5.75 Å². The summed E-state index contributed by atoms with van der Waals surface area (Å²) in [6.45, 7) is -2.08. The van der Waals surface area contributed by atoms with Gasteiger partial charge in [0, 0.05) is 6.07 Å². The van der Waals surface area contributed by atoms with Gasteiger partial charge in [0.1, 0.15) is 12.4 Å². The van der Waals surface area contributed by atoms with Gasteiger partial charge in [-0.2, -0.15) is 13.5 Å². The number of aryl methyl sites for hydroxylation is 1. The van der Waals surface area contributed by atoms with Crippen LogP contribution in [0.3, 0.4) is 0 Å². The number of nitrogens with one attached hydrogen (secondary N) is 1. The number of halogens is 3. The number of anilines is 1. The Labute approximate surface area is 133 Å². The zero-order chi connectivity index (χ0) is 17.9. The Morgan fingerprint density at radius 1 is 1.46 bits per heavy atom. The number of carbonyl (C=O) groups is 1. The maximum absolute atomic E-state index is 13.1. The summed E-state index contributed by atoms with van der Waals surface area (Å²) in [5.74, 6) is -2.49. The molecule has 1 aromatic heterocycles. The fraction of sp³-hybridized carbons (Fsp3) is 0.231.